The number of carbonyl (C=O) groups is 4. The molecule has 0 saturated carbocycles. The van der Waals surface area contributed by atoms with Gasteiger partial charge in [-0.15, -0.1) is 0 Å². The number of rotatable bonds is 20. The van der Waals surface area contributed by atoms with Gasteiger partial charge in [0.15, 0.2) is 0 Å². The van der Waals surface area contributed by atoms with Crippen LogP contribution < -0.4 is 4.74 Å². The Hall–Kier alpha value is -3.26. The fraction of sp³-hybridized carbons (Fsp3) is 0.565. The van der Waals surface area contributed by atoms with E-state index < -0.39 is 49.6 Å². The second-order valence-corrected chi connectivity index (χ2v) is 8.15. The van der Waals surface area contributed by atoms with Crippen molar-refractivity contribution in [3.63, 3.8) is 0 Å². The number of carboxylic acids is 4. The maximum absolute atomic E-state index is 11.5. The Kier molecular flexibility index (Phi) is 14.0. The number of hydrogen-bond acceptors (Lipinski definition) is 9. The molecule has 1 atom stereocenters. The van der Waals surface area contributed by atoms with E-state index in [0.717, 1.165) is 5.56 Å². The second-order valence-electron chi connectivity index (χ2n) is 8.15. The van der Waals surface area contributed by atoms with Gasteiger partial charge in [-0.25, -0.2) is 0 Å². The van der Waals surface area contributed by atoms with Crippen molar-refractivity contribution in [2.75, 3.05) is 65.6 Å². The van der Waals surface area contributed by atoms with Gasteiger partial charge in [0.25, 0.3) is 0 Å². The summed E-state index contributed by atoms with van der Waals surface area (Å²) in [5, 5.41) is 46.4. The number of ether oxygens (including phenoxy) is 1. The molecular formula is C23H35N3O10. The Labute approximate surface area is 209 Å². The first kappa shape index (κ1) is 30.8. The number of benzene rings is 1. The lowest BCUT2D eigenvalue weighted by Crippen LogP contribution is -2.51. The van der Waals surface area contributed by atoms with Gasteiger partial charge in [-0.05, 0) is 31.0 Å². The van der Waals surface area contributed by atoms with E-state index in [1.54, 1.807) is 17.0 Å². The molecule has 202 valence electrons. The number of aliphatic carboxylic acids is 4. The van der Waals surface area contributed by atoms with Gasteiger partial charge in [0.1, 0.15) is 5.75 Å². The highest BCUT2D eigenvalue weighted by molar-refractivity contribution is 5.72. The molecule has 0 unspecified atom stereocenters. The summed E-state index contributed by atoms with van der Waals surface area (Å²) in [6.07, 6.45) is 0.337. The monoisotopic (exact) mass is 513 g/mol. The summed E-state index contributed by atoms with van der Waals surface area (Å²) in [6.45, 7) is 0.311. The van der Waals surface area contributed by atoms with Crippen molar-refractivity contribution in [1.82, 2.24) is 14.7 Å². The minimum atomic E-state index is -1.22. The minimum Gasteiger partial charge on any atom is -0.494 e. The number of aliphatic hydroxyl groups is 1. The largest absolute Gasteiger partial charge is 0.494 e. The van der Waals surface area contributed by atoms with E-state index in [1.807, 2.05) is 19.1 Å². The van der Waals surface area contributed by atoms with Gasteiger partial charge in [0.05, 0.1) is 39.4 Å². The molecule has 1 rings (SSSR count). The zero-order valence-corrected chi connectivity index (χ0v) is 20.3. The predicted molar refractivity (Wildman–Crippen MR) is 127 cm³/mol. The van der Waals surface area contributed by atoms with Crippen LogP contribution in [0.5, 0.6) is 5.75 Å². The van der Waals surface area contributed by atoms with Crippen molar-refractivity contribution in [3.05, 3.63) is 29.8 Å². The van der Waals surface area contributed by atoms with Gasteiger partial charge < -0.3 is 30.3 Å². The Morgan fingerprint density at radius 3 is 1.75 bits per heavy atom. The minimum absolute atomic E-state index is 0.0272. The number of aliphatic hydroxyl groups excluding tert-OH is 1. The predicted octanol–water partition coefficient (Wildman–Crippen LogP) is -0.767. The highest BCUT2D eigenvalue weighted by Gasteiger charge is 2.25. The van der Waals surface area contributed by atoms with E-state index in [-0.39, 0.29) is 39.3 Å². The van der Waals surface area contributed by atoms with Crippen LogP contribution in [-0.2, 0) is 25.6 Å². The first-order valence-electron chi connectivity index (χ1n) is 11.4. The maximum atomic E-state index is 11.5. The van der Waals surface area contributed by atoms with Crippen LogP contribution in [0.3, 0.4) is 0 Å². The first-order chi connectivity index (χ1) is 17.0. The molecule has 1 aromatic rings. The van der Waals surface area contributed by atoms with E-state index >= 15 is 0 Å². The fourth-order valence-electron chi connectivity index (χ4n) is 3.77. The molecule has 1 aromatic carbocycles. The summed E-state index contributed by atoms with van der Waals surface area (Å²) in [4.78, 5) is 49.4. The molecule has 0 fully saturated rings. The molecule has 36 heavy (non-hydrogen) atoms. The maximum Gasteiger partial charge on any atom is 0.317 e. The average Bonchev–Trinajstić information content (AvgIpc) is 2.76. The third kappa shape index (κ3) is 13.0. The van der Waals surface area contributed by atoms with Crippen molar-refractivity contribution in [2.45, 2.75) is 19.4 Å². The summed E-state index contributed by atoms with van der Waals surface area (Å²) < 4.78 is 5.44. The van der Waals surface area contributed by atoms with Crippen LogP contribution in [0.4, 0.5) is 0 Å². The molecule has 0 saturated heterocycles. The standard InChI is InChI=1S/C23H35N3O10/c1-2-36-19-5-3-17(4-6-19)11-18(26(9-10-27)16-23(34)35)12-24(13-20(28)29)7-8-25(14-21(30)31)15-22(32)33/h3-6,18,27H,2,7-16H2,1H3,(H,28,29)(H,30,31)(H,32,33)(H,34,35)/t18-/m0/s1. The summed E-state index contributed by atoms with van der Waals surface area (Å²) in [5.74, 6) is -4.03. The first-order valence-corrected chi connectivity index (χ1v) is 11.4. The lowest BCUT2D eigenvalue weighted by molar-refractivity contribution is -0.143. The molecule has 13 nitrogen and oxygen atoms in total. The molecule has 0 aliphatic heterocycles. The van der Waals surface area contributed by atoms with Crippen LogP contribution in [0, 0.1) is 0 Å². The van der Waals surface area contributed by atoms with E-state index in [2.05, 4.69) is 0 Å². The van der Waals surface area contributed by atoms with Crippen molar-refractivity contribution in [2.24, 2.45) is 0 Å². The van der Waals surface area contributed by atoms with E-state index in [0.29, 0.717) is 18.8 Å². The molecule has 0 aromatic heterocycles. The lowest BCUT2D eigenvalue weighted by atomic mass is 10.0. The molecule has 5 N–H and O–H groups in total. The summed E-state index contributed by atoms with van der Waals surface area (Å²) >= 11 is 0. The second kappa shape index (κ2) is 16.4. The van der Waals surface area contributed by atoms with Crippen molar-refractivity contribution >= 4 is 23.9 Å². The highest BCUT2D eigenvalue weighted by Crippen LogP contribution is 2.16. The van der Waals surface area contributed by atoms with Crippen LogP contribution in [-0.4, -0.2) is 136 Å². The van der Waals surface area contributed by atoms with Crippen molar-refractivity contribution < 1.29 is 49.4 Å². The smallest absolute Gasteiger partial charge is 0.317 e. The van der Waals surface area contributed by atoms with Crippen molar-refractivity contribution in [3.8, 4) is 5.75 Å². The zero-order valence-electron chi connectivity index (χ0n) is 20.3. The number of nitrogens with zero attached hydrogens (tertiary/aromatic N) is 3. The quantitative estimate of drug-likeness (QED) is 0.146. The molecular weight excluding hydrogens is 478 g/mol. The SMILES string of the molecule is CCOc1ccc(C[C@@H](CN(CCN(CC(=O)O)CC(=O)O)CC(=O)O)N(CCO)CC(=O)O)cc1. The summed E-state index contributed by atoms with van der Waals surface area (Å²) in [5.41, 5.74) is 0.838. The van der Waals surface area contributed by atoms with Gasteiger partial charge in [0, 0.05) is 32.2 Å². The molecule has 0 radical (unpaired) electrons. The topological polar surface area (TPSA) is 188 Å². The van der Waals surface area contributed by atoms with E-state index in [1.165, 1.54) is 9.80 Å². The molecule has 0 amide bonds. The highest BCUT2D eigenvalue weighted by atomic mass is 16.5. The molecule has 13 heteroatoms. The van der Waals surface area contributed by atoms with Crippen molar-refractivity contribution in [1.29, 1.82) is 0 Å². The molecule has 0 aliphatic rings. The van der Waals surface area contributed by atoms with Crippen LogP contribution in [0.15, 0.2) is 24.3 Å². The molecule has 0 aliphatic carbocycles. The van der Waals surface area contributed by atoms with E-state index in [4.69, 9.17) is 14.9 Å². The molecule has 0 bridgehead atoms. The average molecular weight is 514 g/mol. The van der Waals surface area contributed by atoms with Gasteiger partial charge in [0.2, 0.25) is 0 Å². The van der Waals surface area contributed by atoms with Gasteiger partial charge >= 0.3 is 23.9 Å². The van der Waals surface area contributed by atoms with Gasteiger partial charge in [-0.2, -0.15) is 0 Å². The molecule has 0 heterocycles. The van der Waals surface area contributed by atoms with Crippen LogP contribution >= 0.6 is 0 Å². The fourth-order valence-corrected chi connectivity index (χ4v) is 3.77. The summed E-state index contributed by atoms with van der Waals surface area (Å²) in [7, 11) is 0. The third-order valence-corrected chi connectivity index (χ3v) is 5.23. The van der Waals surface area contributed by atoms with Crippen LogP contribution in [0.25, 0.3) is 0 Å². The normalized spacial score (nSPS) is 12.1. The lowest BCUT2D eigenvalue weighted by Gasteiger charge is -2.35. The Bertz CT molecular complexity index is 833. The van der Waals surface area contributed by atoms with Gasteiger partial charge in [-0.3, -0.25) is 33.9 Å². The van der Waals surface area contributed by atoms with Crippen LogP contribution in [0.1, 0.15) is 12.5 Å². The Morgan fingerprint density at radius 1 is 0.778 bits per heavy atom. The summed E-state index contributed by atoms with van der Waals surface area (Å²) in [6, 6.07) is 6.66. The van der Waals surface area contributed by atoms with E-state index in [9.17, 15) is 34.5 Å². The van der Waals surface area contributed by atoms with Gasteiger partial charge in [-0.1, -0.05) is 12.1 Å². The molecule has 0 spiro atoms. The Balaban J connectivity index is 3.13. The number of carboxylic acid groups (broad SMARTS) is 4. The van der Waals surface area contributed by atoms with Crippen LogP contribution in [0.2, 0.25) is 0 Å². The third-order valence-electron chi connectivity index (χ3n) is 5.23. The zero-order chi connectivity index (χ0) is 27.1. The number of hydrogen-bond donors (Lipinski definition) is 5. The Morgan fingerprint density at radius 2 is 1.28 bits per heavy atom.